The van der Waals surface area contributed by atoms with Gasteiger partial charge in [0, 0.05) is 24.8 Å². The predicted octanol–water partition coefficient (Wildman–Crippen LogP) is 5.80. The fourth-order valence-electron chi connectivity index (χ4n) is 3.60. The molecule has 15 heteroatoms. The van der Waals surface area contributed by atoms with Gasteiger partial charge in [-0.15, -0.1) is 0 Å². The molecule has 1 fully saturated rings. The molecule has 3 aromatic rings. The van der Waals surface area contributed by atoms with Crippen molar-refractivity contribution < 1.29 is 39.9 Å². The van der Waals surface area contributed by atoms with E-state index in [-0.39, 0.29) is 32.6 Å². The molecule has 2 aromatic heterocycles. The molecule has 0 atom stereocenters. The lowest BCUT2D eigenvalue weighted by Crippen LogP contribution is -2.36. The van der Waals surface area contributed by atoms with Crippen molar-refractivity contribution in [3.63, 3.8) is 0 Å². The highest BCUT2D eigenvalue weighted by molar-refractivity contribution is 6.34. The van der Waals surface area contributed by atoms with Crippen LogP contribution in [0.2, 0.25) is 5.02 Å². The van der Waals surface area contributed by atoms with Crippen LogP contribution in [0.5, 0.6) is 0 Å². The quantitative estimate of drug-likeness (QED) is 0.415. The number of amides is 1. The van der Waals surface area contributed by atoms with Gasteiger partial charge in [-0.1, -0.05) is 17.7 Å². The summed E-state index contributed by atoms with van der Waals surface area (Å²) in [7, 11) is 0.791. The van der Waals surface area contributed by atoms with E-state index in [1.807, 2.05) is 0 Å². The molecule has 1 aliphatic carbocycles. The Morgan fingerprint density at radius 3 is 2.28 bits per heavy atom. The van der Waals surface area contributed by atoms with Gasteiger partial charge < -0.3 is 5.32 Å². The van der Waals surface area contributed by atoms with Crippen molar-refractivity contribution in [2.75, 3.05) is 0 Å². The summed E-state index contributed by atoms with van der Waals surface area (Å²) in [6, 6.07) is 4.26. The van der Waals surface area contributed by atoms with Crippen LogP contribution in [0.4, 0.5) is 35.1 Å². The minimum Gasteiger partial charge on any atom is -0.349 e. The third kappa shape index (κ3) is 4.53. The number of benzene rings is 1. The van der Waals surface area contributed by atoms with Crippen LogP contribution in [0, 0.1) is 6.92 Å². The van der Waals surface area contributed by atoms with Gasteiger partial charge in [0.2, 0.25) is 0 Å². The first-order valence-corrected chi connectivity index (χ1v) is 10.7. The second kappa shape index (κ2) is 8.46. The van der Waals surface area contributed by atoms with Gasteiger partial charge in [0.15, 0.2) is 11.5 Å². The van der Waals surface area contributed by atoms with E-state index in [4.69, 9.17) is 11.6 Å². The number of rotatable bonds is 5. The van der Waals surface area contributed by atoms with Gasteiger partial charge in [0.05, 0.1) is 16.3 Å². The van der Waals surface area contributed by atoms with Crippen molar-refractivity contribution in [2.24, 2.45) is 7.05 Å². The molecule has 1 amide bonds. The third-order valence-electron chi connectivity index (χ3n) is 5.50. The number of hydrogen-bond donors (Lipinski definition) is 1. The standard InChI is InChI=1S/C21H16ClF8N5O/c1-9-13(10-3-6-14(22)12(7-10)17(36)31-11-4-5-11)8-35(32-9)18-15(20(25,26)27)16(33-34(18)2)19(23,24)21(28,29)30/h3,6-8,11H,4-5H2,1-2H3,(H,31,36). The summed E-state index contributed by atoms with van der Waals surface area (Å²) in [4.78, 5) is 12.5. The lowest BCUT2D eigenvalue weighted by Gasteiger charge is -2.19. The number of aryl methyl sites for hydroxylation is 2. The molecule has 1 aliphatic rings. The van der Waals surface area contributed by atoms with Crippen molar-refractivity contribution in [2.45, 2.75) is 44.1 Å². The van der Waals surface area contributed by atoms with Crippen LogP contribution >= 0.6 is 11.6 Å². The molecule has 0 aliphatic heterocycles. The Hall–Kier alpha value is -3.16. The van der Waals surface area contributed by atoms with Gasteiger partial charge in [-0.25, -0.2) is 9.36 Å². The maximum absolute atomic E-state index is 14.0. The second-order valence-electron chi connectivity index (χ2n) is 8.26. The number of halogens is 9. The van der Waals surface area contributed by atoms with Gasteiger partial charge in [0.25, 0.3) is 5.91 Å². The highest BCUT2D eigenvalue weighted by Crippen LogP contribution is 2.49. The van der Waals surface area contributed by atoms with E-state index >= 15 is 0 Å². The fraction of sp³-hybridized carbons (Fsp3) is 0.381. The summed E-state index contributed by atoms with van der Waals surface area (Å²) in [5.74, 6) is -7.48. The smallest absolute Gasteiger partial charge is 0.349 e. The molecule has 0 radical (unpaired) electrons. The van der Waals surface area contributed by atoms with E-state index < -0.39 is 41.3 Å². The van der Waals surface area contributed by atoms with E-state index in [9.17, 15) is 39.9 Å². The van der Waals surface area contributed by atoms with Crippen LogP contribution in [0.15, 0.2) is 24.4 Å². The minimum atomic E-state index is -6.31. The maximum Gasteiger partial charge on any atom is 0.459 e. The minimum absolute atomic E-state index is 0.0244. The van der Waals surface area contributed by atoms with Gasteiger partial charge in [-0.2, -0.15) is 45.3 Å². The van der Waals surface area contributed by atoms with Crippen LogP contribution in [-0.4, -0.2) is 37.7 Å². The topological polar surface area (TPSA) is 64.7 Å². The van der Waals surface area contributed by atoms with Gasteiger partial charge >= 0.3 is 18.3 Å². The molecule has 0 spiro atoms. The van der Waals surface area contributed by atoms with Crippen LogP contribution in [0.1, 0.15) is 40.2 Å². The van der Waals surface area contributed by atoms with Gasteiger partial charge in [-0.05, 0) is 37.5 Å². The van der Waals surface area contributed by atoms with Crippen LogP contribution in [0.3, 0.4) is 0 Å². The van der Waals surface area contributed by atoms with Crippen LogP contribution in [0.25, 0.3) is 16.9 Å². The Kier molecular flexibility index (Phi) is 6.09. The number of hydrogen-bond acceptors (Lipinski definition) is 3. The second-order valence-corrected chi connectivity index (χ2v) is 8.66. The molecular weight excluding hydrogens is 526 g/mol. The molecule has 1 aromatic carbocycles. The lowest BCUT2D eigenvalue weighted by atomic mass is 10.0. The Labute approximate surface area is 202 Å². The van der Waals surface area contributed by atoms with Gasteiger partial charge in [0.1, 0.15) is 5.56 Å². The van der Waals surface area contributed by atoms with E-state index in [0.717, 1.165) is 26.1 Å². The normalized spacial score (nSPS) is 14.9. The summed E-state index contributed by atoms with van der Waals surface area (Å²) < 4.78 is 109. The Balaban J connectivity index is 1.84. The Morgan fingerprint density at radius 2 is 1.72 bits per heavy atom. The first kappa shape index (κ1) is 25.9. The Morgan fingerprint density at radius 1 is 1.08 bits per heavy atom. The number of aromatic nitrogens is 4. The molecule has 36 heavy (non-hydrogen) atoms. The number of nitrogens with zero attached hydrogens (tertiary/aromatic N) is 4. The number of carbonyl (C=O) groups is 1. The van der Waals surface area contributed by atoms with Crippen molar-refractivity contribution in [1.82, 2.24) is 24.9 Å². The van der Waals surface area contributed by atoms with Gasteiger partial charge in [-0.3, -0.25) is 4.79 Å². The SMILES string of the molecule is Cc1nn(-c2c(C(F)(F)F)c(C(F)(F)C(F)(F)F)nn2C)cc1-c1ccc(Cl)c(C(=O)NC2CC2)c1. The maximum atomic E-state index is 14.0. The molecule has 1 saturated carbocycles. The highest BCUT2D eigenvalue weighted by Gasteiger charge is 2.64. The summed E-state index contributed by atoms with van der Waals surface area (Å²) in [6.45, 7) is 1.39. The Bertz CT molecular complexity index is 1340. The molecule has 6 nitrogen and oxygen atoms in total. The zero-order chi connectivity index (χ0) is 26.8. The molecule has 0 bridgehead atoms. The molecule has 2 heterocycles. The summed E-state index contributed by atoms with van der Waals surface area (Å²) in [5, 5.41) is 9.65. The van der Waals surface area contributed by atoms with E-state index in [1.54, 1.807) is 0 Å². The third-order valence-corrected chi connectivity index (χ3v) is 5.83. The molecule has 4 rings (SSSR count). The molecule has 1 N–H and O–H groups in total. The predicted molar refractivity (Wildman–Crippen MR) is 111 cm³/mol. The fourth-order valence-corrected chi connectivity index (χ4v) is 3.81. The molecular formula is C21H16ClF8N5O. The first-order valence-electron chi connectivity index (χ1n) is 10.3. The number of carbonyl (C=O) groups excluding carboxylic acids is 1. The van der Waals surface area contributed by atoms with E-state index in [0.29, 0.717) is 10.2 Å². The lowest BCUT2D eigenvalue weighted by molar-refractivity contribution is -0.292. The average Bonchev–Trinajstić information content (AvgIpc) is 3.36. The molecule has 0 unspecified atom stereocenters. The zero-order valence-electron chi connectivity index (χ0n) is 18.4. The zero-order valence-corrected chi connectivity index (χ0v) is 19.2. The van der Waals surface area contributed by atoms with E-state index in [1.165, 1.54) is 25.1 Å². The largest absolute Gasteiger partial charge is 0.459 e. The summed E-state index contributed by atoms with van der Waals surface area (Å²) in [5.41, 5.74) is -4.07. The summed E-state index contributed by atoms with van der Waals surface area (Å²) >= 11 is 6.12. The number of nitrogens with one attached hydrogen (secondary N) is 1. The van der Waals surface area contributed by atoms with Crippen LogP contribution < -0.4 is 5.32 Å². The average molecular weight is 542 g/mol. The van der Waals surface area contributed by atoms with Crippen molar-refractivity contribution in [1.29, 1.82) is 0 Å². The van der Waals surface area contributed by atoms with Crippen LogP contribution in [-0.2, 0) is 19.1 Å². The highest BCUT2D eigenvalue weighted by atomic mass is 35.5. The van der Waals surface area contributed by atoms with Crippen molar-refractivity contribution in [3.8, 4) is 16.9 Å². The first-order chi connectivity index (χ1) is 16.5. The molecule has 194 valence electrons. The monoisotopic (exact) mass is 541 g/mol. The summed E-state index contributed by atoms with van der Waals surface area (Å²) in [6.07, 6.45) is -9.29. The number of alkyl halides is 8. The van der Waals surface area contributed by atoms with Crippen molar-refractivity contribution >= 4 is 17.5 Å². The van der Waals surface area contributed by atoms with E-state index in [2.05, 4.69) is 15.5 Å². The molecule has 0 saturated heterocycles. The van der Waals surface area contributed by atoms with Crippen molar-refractivity contribution in [3.05, 3.63) is 51.9 Å².